The van der Waals surface area contributed by atoms with Gasteiger partial charge < -0.3 is 10.2 Å². The fourth-order valence-electron chi connectivity index (χ4n) is 3.51. The first-order chi connectivity index (χ1) is 9.63. The first-order valence-corrected chi connectivity index (χ1v) is 8.16. The highest BCUT2D eigenvalue weighted by molar-refractivity contribution is 5.55. The maximum Gasteiger partial charge on any atom is 0.0412 e. The van der Waals surface area contributed by atoms with Gasteiger partial charge in [-0.2, -0.15) is 0 Å². The van der Waals surface area contributed by atoms with Crippen LogP contribution in [0.3, 0.4) is 0 Å². The van der Waals surface area contributed by atoms with Gasteiger partial charge >= 0.3 is 0 Å². The van der Waals surface area contributed by atoms with E-state index in [-0.39, 0.29) is 0 Å². The Balaban J connectivity index is 2.21. The molecular formula is C18H30N2. The van der Waals surface area contributed by atoms with E-state index in [0.29, 0.717) is 6.04 Å². The Kier molecular flexibility index (Phi) is 5.47. The number of aryl methyl sites for hydroxylation is 1. The van der Waals surface area contributed by atoms with Gasteiger partial charge in [-0.15, -0.1) is 0 Å². The maximum atomic E-state index is 3.47. The molecule has 0 heterocycles. The highest BCUT2D eigenvalue weighted by Gasteiger charge is 2.26. The number of nitrogens with one attached hydrogen (secondary N) is 1. The lowest BCUT2D eigenvalue weighted by Gasteiger charge is -2.38. The lowest BCUT2D eigenvalue weighted by atomic mass is 9.84. The minimum Gasteiger partial charge on any atom is -0.371 e. The van der Waals surface area contributed by atoms with Crippen molar-refractivity contribution in [3.8, 4) is 0 Å². The predicted molar refractivity (Wildman–Crippen MR) is 88.4 cm³/mol. The normalized spacial score (nSPS) is 22.8. The van der Waals surface area contributed by atoms with Crippen LogP contribution in [0.1, 0.15) is 50.7 Å². The van der Waals surface area contributed by atoms with Crippen LogP contribution in [0.25, 0.3) is 0 Å². The van der Waals surface area contributed by atoms with Crippen molar-refractivity contribution in [1.29, 1.82) is 0 Å². The van der Waals surface area contributed by atoms with Crippen molar-refractivity contribution in [3.63, 3.8) is 0 Å². The molecule has 1 aliphatic rings. The van der Waals surface area contributed by atoms with Crippen LogP contribution in [0.15, 0.2) is 18.2 Å². The minimum absolute atomic E-state index is 0.701. The van der Waals surface area contributed by atoms with Crippen LogP contribution in [0, 0.1) is 12.8 Å². The van der Waals surface area contributed by atoms with Crippen LogP contribution >= 0.6 is 0 Å². The van der Waals surface area contributed by atoms with E-state index in [1.54, 1.807) is 0 Å². The molecule has 0 radical (unpaired) electrons. The summed E-state index contributed by atoms with van der Waals surface area (Å²) in [5.74, 6) is 0.807. The van der Waals surface area contributed by atoms with Gasteiger partial charge in [0.25, 0.3) is 0 Å². The van der Waals surface area contributed by atoms with Crippen molar-refractivity contribution in [3.05, 3.63) is 29.3 Å². The number of benzene rings is 1. The van der Waals surface area contributed by atoms with Crippen molar-refractivity contribution in [2.45, 2.75) is 59.0 Å². The van der Waals surface area contributed by atoms with Gasteiger partial charge in [-0.3, -0.25) is 0 Å². The zero-order valence-electron chi connectivity index (χ0n) is 13.6. The molecule has 1 saturated carbocycles. The first kappa shape index (κ1) is 15.4. The van der Waals surface area contributed by atoms with Gasteiger partial charge in [-0.1, -0.05) is 44.4 Å². The maximum absolute atomic E-state index is 3.47. The Hall–Kier alpha value is -1.02. The van der Waals surface area contributed by atoms with Gasteiger partial charge in [0.15, 0.2) is 0 Å². The Labute approximate surface area is 124 Å². The van der Waals surface area contributed by atoms with Gasteiger partial charge in [-0.05, 0) is 43.9 Å². The average molecular weight is 274 g/mol. The van der Waals surface area contributed by atoms with Gasteiger partial charge in [-0.25, -0.2) is 0 Å². The molecule has 1 fully saturated rings. The third-order valence-electron chi connectivity index (χ3n) is 4.74. The van der Waals surface area contributed by atoms with Gasteiger partial charge in [0.05, 0.1) is 0 Å². The van der Waals surface area contributed by atoms with Crippen molar-refractivity contribution < 1.29 is 0 Å². The second kappa shape index (κ2) is 7.12. The summed E-state index contributed by atoms with van der Waals surface area (Å²) >= 11 is 0. The van der Waals surface area contributed by atoms with E-state index in [1.807, 2.05) is 0 Å². The van der Waals surface area contributed by atoms with E-state index in [1.165, 1.54) is 42.5 Å². The van der Waals surface area contributed by atoms with Crippen molar-refractivity contribution in [2.75, 3.05) is 18.5 Å². The summed E-state index contributed by atoms with van der Waals surface area (Å²) in [4.78, 5) is 2.54. The van der Waals surface area contributed by atoms with E-state index < -0.39 is 0 Å². The van der Waals surface area contributed by atoms with Crippen molar-refractivity contribution in [2.24, 2.45) is 5.92 Å². The smallest absolute Gasteiger partial charge is 0.0412 e. The summed E-state index contributed by atoms with van der Waals surface area (Å²) in [6, 6.07) is 7.59. The largest absolute Gasteiger partial charge is 0.371 e. The minimum atomic E-state index is 0.701. The first-order valence-electron chi connectivity index (χ1n) is 8.16. The van der Waals surface area contributed by atoms with Crippen LogP contribution < -0.4 is 10.2 Å². The number of hydrogen-bond acceptors (Lipinski definition) is 2. The quantitative estimate of drug-likeness (QED) is 0.869. The molecule has 20 heavy (non-hydrogen) atoms. The summed E-state index contributed by atoms with van der Waals surface area (Å²) in [7, 11) is 2.28. The Morgan fingerprint density at radius 1 is 1.25 bits per heavy atom. The molecule has 2 rings (SSSR count). The monoisotopic (exact) mass is 274 g/mol. The summed E-state index contributed by atoms with van der Waals surface area (Å²) < 4.78 is 0. The lowest BCUT2D eigenvalue weighted by Crippen LogP contribution is -2.39. The molecule has 2 atom stereocenters. The highest BCUT2D eigenvalue weighted by Crippen LogP contribution is 2.32. The zero-order valence-corrected chi connectivity index (χ0v) is 13.6. The van der Waals surface area contributed by atoms with Crippen molar-refractivity contribution in [1.82, 2.24) is 5.32 Å². The fourth-order valence-corrected chi connectivity index (χ4v) is 3.51. The molecule has 0 spiro atoms. The lowest BCUT2D eigenvalue weighted by molar-refractivity contribution is 0.321. The fraction of sp³-hybridized carbons (Fsp3) is 0.667. The Bertz CT molecular complexity index is 427. The molecule has 1 aromatic rings. The molecule has 1 N–H and O–H groups in total. The zero-order chi connectivity index (χ0) is 14.5. The Morgan fingerprint density at radius 3 is 2.70 bits per heavy atom. The van der Waals surface area contributed by atoms with Crippen LogP contribution in [-0.2, 0) is 6.54 Å². The molecule has 2 unspecified atom stereocenters. The summed E-state index contributed by atoms with van der Waals surface area (Å²) in [6.45, 7) is 8.76. The molecule has 2 nitrogen and oxygen atoms in total. The molecular weight excluding hydrogens is 244 g/mol. The highest BCUT2D eigenvalue weighted by atomic mass is 15.1. The van der Waals surface area contributed by atoms with Crippen LogP contribution in [0.5, 0.6) is 0 Å². The molecule has 0 aromatic heterocycles. The van der Waals surface area contributed by atoms with E-state index >= 15 is 0 Å². The number of rotatable bonds is 5. The molecule has 0 saturated heterocycles. The average Bonchev–Trinajstić information content (AvgIpc) is 2.45. The van der Waals surface area contributed by atoms with Gasteiger partial charge in [0, 0.05) is 25.3 Å². The molecule has 2 heteroatoms. The molecule has 0 amide bonds. The standard InChI is InChI=1S/C18H30N2/c1-5-19-13-16-12-14(2)10-11-18(16)20(4)17-9-7-6-8-15(17)3/h10-12,15,17,19H,5-9,13H2,1-4H3. The molecule has 1 aliphatic carbocycles. The SMILES string of the molecule is CCNCc1cc(C)ccc1N(C)C1CCCCC1C. The number of hydrogen-bond donors (Lipinski definition) is 1. The summed E-state index contributed by atoms with van der Waals surface area (Å²) in [5, 5.41) is 3.47. The summed E-state index contributed by atoms with van der Waals surface area (Å²) in [5.41, 5.74) is 4.20. The second-order valence-corrected chi connectivity index (χ2v) is 6.35. The van der Waals surface area contributed by atoms with E-state index in [0.717, 1.165) is 19.0 Å². The topological polar surface area (TPSA) is 15.3 Å². The van der Waals surface area contributed by atoms with Crippen LogP contribution in [-0.4, -0.2) is 19.6 Å². The third kappa shape index (κ3) is 3.54. The predicted octanol–water partition coefficient (Wildman–Crippen LogP) is 4.12. The molecule has 0 bridgehead atoms. The van der Waals surface area contributed by atoms with Gasteiger partial charge in [0.2, 0.25) is 0 Å². The van der Waals surface area contributed by atoms with Gasteiger partial charge in [0.1, 0.15) is 0 Å². The number of nitrogens with zero attached hydrogens (tertiary/aromatic N) is 1. The van der Waals surface area contributed by atoms with Crippen molar-refractivity contribution >= 4 is 5.69 Å². The number of anilines is 1. The third-order valence-corrected chi connectivity index (χ3v) is 4.74. The van der Waals surface area contributed by atoms with E-state index in [2.05, 4.69) is 56.2 Å². The summed E-state index contributed by atoms with van der Waals surface area (Å²) in [6.07, 6.45) is 5.51. The molecule has 0 aliphatic heterocycles. The Morgan fingerprint density at radius 2 is 2.00 bits per heavy atom. The van der Waals surface area contributed by atoms with E-state index in [4.69, 9.17) is 0 Å². The second-order valence-electron chi connectivity index (χ2n) is 6.35. The van der Waals surface area contributed by atoms with Crippen LogP contribution in [0.4, 0.5) is 5.69 Å². The molecule has 112 valence electrons. The van der Waals surface area contributed by atoms with Crippen LogP contribution in [0.2, 0.25) is 0 Å². The molecule has 1 aromatic carbocycles. The van der Waals surface area contributed by atoms with E-state index in [9.17, 15) is 0 Å².